The van der Waals surface area contributed by atoms with Gasteiger partial charge in [0.2, 0.25) is 0 Å². The monoisotopic (exact) mass is 1040 g/mol. The number of quaternary nitrogens is 1. The molecule has 2 N–H and O–H groups in total. The van der Waals surface area contributed by atoms with Gasteiger partial charge in [0.1, 0.15) is 0 Å². The van der Waals surface area contributed by atoms with Gasteiger partial charge in [-0.2, -0.15) is 34.8 Å². The summed E-state index contributed by atoms with van der Waals surface area (Å²) in [6.07, 6.45) is 3.37. The maximum atomic E-state index is 12.9. The highest BCUT2D eigenvalue weighted by Crippen LogP contribution is 2.34. The molecule has 19 heteroatoms. The van der Waals surface area contributed by atoms with Crippen LogP contribution >= 0.6 is 34.8 Å². The average Bonchev–Trinajstić information content (AvgIpc) is 3.29. The minimum atomic E-state index is -5.84. The van der Waals surface area contributed by atoms with Crippen molar-refractivity contribution in [2.24, 2.45) is 0 Å². The average molecular weight is 1040 g/mol. The van der Waals surface area contributed by atoms with Crippen LogP contribution < -0.4 is 4.90 Å². The molecule has 6 aromatic rings. The lowest BCUT2D eigenvalue weighted by Gasteiger charge is -2.20. The minimum absolute atomic E-state index is 0.211. The quantitative estimate of drug-likeness (QED) is 0.0596. The summed E-state index contributed by atoms with van der Waals surface area (Å²) in [5.41, 5.74) is -0.0852. The van der Waals surface area contributed by atoms with E-state index in [1.54, 1.807) is 12.1 Å². The van der Waals surface area contributed by atoms with Gasteiger partial charge in [-0.1, -0.05) is 83.3 Å². The third-order valence-corrected chi connectivity index (χ3v) is 11.7. The van der Waals surface area contributed by atoms with E-state index in [0.717, 1.165) is 71.6 Å². The van der Waals surface area contributed by atoms with E-state index < -0.39 is 27.4 Å². The Balaban J connectivity index is 0.000000255. The molecule has 0 radical (unpaired) electrons. The summed E-state index contributed by atoms with van der Waals surface area (Å²) in [5, 5.41) is 2.15. The molecule has 3 unspecified atom stereocenters. The number of alkyl halides is 6. The number of pyridine rings is 3. The molecule has 3 aromatic carbocycles. The van der Waals surface area contributed by atoms with Crippen molar-refractivity contribution in [2.45, 2.75) is 48.7 Å². The first-order valence-corrected chi connectivity index (χ1v) is 24.2. The Morgan fingerprint density at radius 1 is 0.551 bits per heavy atom. The Morgan fingerprint density at radius 2 is 0.899 bits per heavy atom. The number of benzene rings is 3. The number of hydrogen-bond donors (Lipinski definition) is 2. The van der Waals surface area contributed by atoms with E-state index in [9.17, 15) is 26.3 Å². The Morgan fingerprint density at radius 3 is 1.20 bits per heavy atom. The second-order valence-corrected chi connectivity index (χ2v) is 19.4. The minimum Gasteiger partial charge on any atom is -0.340 e. The highest BCUT2D eigenvalue weighted by Gasteiger charge is 2.44. The molecule has 374 valence electrons. The molecule has 0 fully saturated rings. The van der Waals surface area contributed by atoms with Gasteiger partial charge in [0.05, 0.1) is 26.2 Å². The van der Waals surface area contributed by atoms with Crippen LogP contribution in [0.1, 0.15) is 76.4 Å². The van der Waals surface area contributed by atoms with Crippen LogP contribution in [-0.2, 0) is 16.3 Å². The van der Waals surface area contributed by atoms with E-state index in [4.69, 9.17) is 47.8 Å². The van der Waals surface area contributed by atoms with Crippen LogP contribution in [0, 0.1) is 0 Å². The lowest BCUT2D eigenvalue weighted by molar-refractivity contribution is -0.858. The fourth-order valence-corrected chi connectivity index (χ4v) is 7.11. The Kier molecular flexibility index (Phi) is 24.0. The van der Waals surface area contributed by atoms with Gasteiger partial charge in [-0.25, -0.2) is 0 Å². The van der Waals surface area contributed by atoms with Crippen molar-refractivity contribution in [2.75, 3.05) is 61.9 Å². The number of nitrogens with zero attached hydrogens (tertiary/aromatic N) is 5. The maximum absolute atomic E-state index is 12.9. The van der Waals surface area contributed by atoms with E-state index in [0.29, 0.717) is 29.0 Å². The first-order chi connectivity index (χ1) is 32.3. The summed E-state index contributed by atoms with van der Waals surface area (Å²) in [6, 6.07) is 37.7. The van der Waals surface area contributed by atoms with Crippen molar-refractivity contribution in [1.82, 2.24) is 24.8 Å². The maximum Gasteiger partial charge on any atom is 0.522 e. The standard InChI is InChI=1S/C17H18ClF3N2.2C16H19ClN2.CHF3O3S/c1-23(2)10-8-15(12-3-5-14(18)6-4-12)16-11-13(7-9-22-16)17(19,20)21;2*1-19(2)12-10-15(16-5-3-4-11-18-16)13-6-8-14(17)9-7-13;2-1(3,4)8(5,6)7/h3-7,9,11,15H,8,10H2,1-2H3;2*3-9,11,15H,10,12H2,1-2H3;(H,5,6,7)/p+1. The Labute approximate surface area is 416 Å². The van der Waals surface area contributed by atoms with Crippen LogP contribution in [0.4, 0.5) is 26.3 Å². The summed E-state index contributed by atoms with van der Waals surface area (Å²) in [4.78, 5) is 18.8. The Hall–Kier alpha value is -4.65. The van der Waals surface area contributed by atoms with Gasteiger partial charge in [0, 0.05) is 74.9 Å². The molecular weight excluding hydrogens is 985 g/mol. The van der Waals surface area contributed by atoms with Crippen molar-refractivity contribution in [3.05, 3.63) is 194 Å². The molecular formula is C50H58Cl3F6N6O3S+. The van der Waals surface area contributed by atoms with E-state index in [2.05, 4.69) is 84.4 Å². The third-order valence-electron chi connectivity index (χ3n) is 10.3. The second-order valence-electron chi connectivity index (χ2n) is 16.6. The molecule has 0 spiro atoms. The van der Waals surface area contributed by atoms with Crippen LogP contribution in [0.2, 0.25) is 15.1 Å². The van der Waals surface area contributed by atoms with E-state index in [1.807, 2.05) is 92.1 Å². The molecule has 0 aliphatic rings. The van der Waals surface area contributed by atoms with Crippen LogP contribution in [0.3, 0.4) is 0 Å². The topological polar surface area (TPSA) is 104 Å². The SMILES string of the molecule is CN(C)CCC(c1ccc(Cl)cc1)c1cc(C(F)(F)F)ccn1.CN(C)CCC(c1ccc(Cl)cc1)c1ccccn1.C[NH+](C)CCC(c1ccc(Cl)cc1)c1ccccn1.O=S(=O)(O)C(F)(F)F. The molecule has 3 aromatic heterocycles. The van der Waals surface area contributed by atoms with Gasteiger partial charge in [-0.05, 0) is 144 Å². The molecule has 3 heterocycles. The molecule has 3 atom stereocenters. The fraction of sp³-hybridized carbons (Fsp3) is 0.340. The zero-order chi connectivity index (χ0) is 51.4. The molecule has 0 aliphatic heterocycles. The van der Waals surface area contributed by atoms with Crippen molar-refractivity contribution < 1.29 is 44.2 Å². The van der Waals surface area contributed by atoms with Gasteiger partial charge in [-0.15, -0.1) is 0 Å². The van der Waals surface area contributed by atoms with Crippen LogP contribution in [0.15, 0.2) is 140 Å². The normalized spacial score (nSPS) is 13.0. The number of hydrogen-bond acceptors (Lipinski definition) is 7. The first-order valence-electron chi connectivity index (χ1n) is 21.6. The Bertz CT molecular complexity index is 2390. The fourth-order valence-electron chi connectivity index (χ4n) is 6.73. The summed E-state index contributed by atoms with van der Waals surface area (Å²) in [7, 11) is 6.56. The summed E-state index contributed by atoms with van der Waals surface area (Å²) >= 11 is 17.8. The van der Waals surface area contributed by atoms with E-state index in [-0.39, 0.29) is 5.92 Å². The number of rotatable bonds is 15. The molecule has 0 saturated heterocycles. The lowest BCUT2D eigenvalue weighted by atomic mass is 9.91. The number of aromatic nitrogens is 3. The zero-order valence-electron chi connectivity index (χ0n) is 39.1. The van der Waals surface area contributed by atoms with Gasteiger partial charge in [-0.3, -0.25) is 19.5 Å². The van der Waals surface area contributed by atoms with Crippen molar-refractivity contribution in [3.8, 4) is 0 Å². The number of nitrogens with one attached hydrogen (secondary N) is 1. The van der Waals surface area contributed by atoms with Crippen molar-refractivity contribution in [3.63, 3.8) is 0 Å². The zero-order valence-corrected chi connectivity index (χ0v) is 42.1. The van der Waals surface area contributed by atoms with Crippen molar-refractivity contribution >= 4 is 44.9 Å². The molecule has 6 rings (SSSR count). The largest absolute Gasteiger partial charge is 0.522 e. The van der Waals surface area contributed by atoms with Gasteiger partial charge in [0.15, 0.2) is 0 Å². The van der Waals surface area contributed by atoms with Crippen LogP contribution in [-0.4, -0.2) is 105 Å². The molecule has 0 amide bonds. The third kappa shape index (κ3) is 21.5. The summed E-state index contributed by atoms with van der Waals surface area (Å²) in [6.45, 7) is 2.89. The molecule has 0 saturated carbocycles. The van der Waals surface area contributed by atoms with E-state index >= 15 is 0 Å². The summed E-state index contributed by atoms with van der Waals surface area (Å²) in [5.74, 6) is 0.450. The molecule has 0 bridgehead atoms. The van der Waals surface area contributed by atoms with Gasteiger partial charge in [0.25, 0.3) is 0 Å². The van der Waals surface area contributed by atoms with Crippen molar-refractivity contribution in [1.29, 1.82) is 0 Å². The highest BCUT2D eigenvalue weighted by molar-refractivity contribution is 7.86. The summed E-state index contributed by atoms with van der Waals surface area (Å²) < 4.78 is 96.4. The van der Waals surface area contributed by atoms with E-state index in [1.165, 1.54) is 22.2 Å². The van der Waals surface area contributed by atoms with Gasteiger partial charge < -0.3 is 14.7 Å². The first kappa shape index (κ1) is 58.7. The molecule has 9 nitrogen and oxygen atoms in total. The van der Waals surface area contributed by atoms with Gasteiger partial charge >= 0.3 is 21.8 Å². The predicted octanol–water partition coefficient (Wildman–Crippen LogP) is 11.5. The van der Waals surface area contributed by atoms with Crippen LogP contribution in [0.5, 0.6) is 0 Å². The number of halogens is 9. The highest BCUT2D eigenvalue weighted by atomic mass is 35.5. The smallest absolute Gasteiger partial charge is 0.340 e. The predicted molar refractivity (Wildman–Crippen MR) is 264 cm³/mol. The lowest BCUT2D eigenvalue weighted by Crippen LogP contribution is -3.05. The molecule has 69 heavy (non-hydrogen) atoms. The van der Waals surface area contributed by atoms with Crippen LogP contribution in [0.25, 0.3) is 0 Å². The second kappa shape index (κ2) is 28.3. The molecule has 0 aliphatic carbocycles.